The van der Waals surface area contributed by atoms with E-state index in [-0.39, 0.29) is 6.10 Å². The van der Waals surface area contributed by atoms with Crippen LogP contribution in [0.2, 0.25) is 0 Å². The standard InChI is InChI=1S/C10H13NO/c1-6-5-11-10-8(7(6)2)3-4-9(10)12/h5,9,12H,3-4H2,1-2H3. The molecule has 1 heterocycles. The Hall–Kier alpha value is -0.890. The van der Waals surface area contributed by atoms with E-state index in [1.165, 1.54) is 16.7 Å². The van der Waals surface area contributed by atoms with Crippen LogP contribution in [-0.4, -0.2) is 10.1 Å². The Morgan fingerprint density at radius 3 is 3.00 bits per heavy atom. The SMILES string of the molecule is Cc1cnc2c(c1C)CCC2O. The normalized spacial score (nSPS) is 21.1. The summed E-state index contributed by atoms with van der Waals surface area (Å²) >= 11 is 0. The van der Waals surface area contributed by atoms with E-state index in [4.69, 9.17) is 0 Å². The highest BCUT2D eigenvalue weighted by Gasteiger charge is 2.23. The fourth-order valence-electron chi connectivity index (χ4n) is 1.79. The molecule has 12 heavy (non-hydrogen) atoms. The lowest BCUT2D eigenvalue weighted by Gasteiger charge is -2.06. The lowest BCUT2D eigenvalue weighted by atomic mass is 10.1. The predicted molar refractivity (Wildman–Crippen MR) is 47.0 cm³/mol. The van der Waals surface area contributed by atoms with Crippen LogP contribution >= 0.6 is 0 Å². The first-order valence-corrected chi connectivity index (χ1v) is 4.33. The van der Waals surface area contributed by atoms with E-state index in [0.717, 1.165) is 18.5 Å². The van der Waals surface area contributed by atoms with Crippen LogP contribution in [-0.2, 0) is 6.42 Å². The average molecular weight is 163 g/mol. The van der Waals surface area contributed by atoms with E-state index < -0.39 is 0 Å². The molecule has 1 N–H and O–H groups in total. The van der Waals surface area contributed by atoms with E-state index in [0.29, 0.717) is 0 Å². The molecule has 0 fully saturated rings. The fourth-order valence-corrected chi connectivity index (χ4v) is 1.79. The van der Waals surface area contributed by atoms with Crippen LogP contribution in [0.4, 0.5) is 0 Å². The number of hydrogen-bond donors (Lipinski definition) is 1. The Morgan fingerprint density at radius 1 is 1.50 bits per heavy atom. The van der Waals surface area contributed by atoms with Crippen molar-refractivity contribution in [1.29, 1.82) is 0 Å². The maximum atomic E-state index is 9.53. The van der Waals surface area contributed by atoms with Gasteiger partial charge in [-0.05, 0) is 43.4 Å². The molecule has 2 heteroatoms. The third-order valence-corrected chi connectivity index (χ3v) is 2.73. The Morgan fingerprint density at radius 2 is 2.25 bits per heavy atom. The van der Waals surface area contributed by atoms with Gasteiger partial charge in [-0.3, -0.25) is 4.98 Å². The van der Waals surface area contributed by atoms with Crippen LogP contribution < -0.4 is 0 Å². The van der Waals surface area contributed by atoms with Crippen molar-refractivity contribution in [2.24, 2.45) is 0 Å². The number of aliphatic hydroxyl groups excluding tert-OH is 1. The molecule has 2 rings (SSSR count). The van der Waals surface area contributed by atoms with Gasteiger partial charge in [0.1, 0.15) is 0 Å². The second-order valence-electron chi connectivity index (χ2n) is 3.48. The molecule has 0 saturated heterocycles. The molecule has 1 aliphatic carbocycles. The Balaban J connectivity index is 2.60. The second-order valence-corrected chi connectivity index (χ2v) is 3.48. The molecule has 0 bridgehead atoms. The molecule has 1 aromatic heterocycles. The smallest absolute Gasteiger partial charge is 0.0965 e. The van der Waals surface area contributed by atoms with Gasteiger partial charge in [-0.15, -0.1) is 0 Å². The zero-order valence-corrected chi connectivity index (χ0v) is 7.46. The van der Waals surface area contributed by atoms with Crippen molar-refractivity contribution < 1.29 is 5.11 Å². The summed E-state index contributed by atoms with van der Waals surface area (Å²) in [6.07, 6.45) is 3.35. The van der Waals surface area contributed by atoms with Gasteiger partial charge in [0, 0.05) is 6.20 Å². The van der Waals surface area contributed by atoms with Gasteiger partial charge in [0.05, 0.1) is 11.8 Å². The summed E-state index contributed by atoms with van der Waals surface area (Å²) in [7, 11) is 0. The maximum absolute atomic E-state index is 9.53. The van der Waals surface area contributed by atoms with Crippen molar-refractivity contribution in [3.05, 3.63) is 28.6 Å². The van der Waals surface area contributed by atoms with Crippen LogP contribution in [0, 0.1) is 13.8 Å². The first-order chi connectivity index (χ1) is 5.70. The quantitative estimate of drug-likeness (QED) is 0.631. The minimum absolute atomic E-state index is 0.320. The molecule has 1 aromatic rings. The van der Waals surface area contributed by atoms with E-state index in [9.17, 15) is 5.11 Å². The van der Waals surface area contributed by atoms with E-state index in [1.807, 2.05) is 6.20 Å². The Bertz CT molecular complexity index is 320. The van der Waals surface area contributed by atoms with Crippen molar-refractivity contribution in [3.8, 4) is 0 Å². The Kier molecular flexibility index (Phi) is 1.65. The molecule has 0 amide bonds. The van der Waals surface area contributed by atoms with E-state index >= 15 is 0 Å². The summed E-state index contributed by atoms with van der Waals surface area (Å²) < 4.78 is 0. The molecule has 1 unspecified atom stereocenters. The molecular formula is C10H13NO. The zero-order chi connectivity index (χ0) is 8.72. The molecule has 1 atom stereocenters. The minimum Gasteiger partial charge on any atom is -0.387 e. The van der Waals surface area contributed by atoms with Crippen LogP contribution in [0.15, 0.2) is 6.20 Å². The number of aliphatic hydroxyl groups is 1. The number of rotatable bonds is 0. The zero-order valence-electron chi connectivity index (χ0n) is 7.46. The summed E-state index contributed by atoms with van der Waals surface area (Å²) in [6, 6.07) is 0. The fraction of sp³-hybridized carbons (Fsp3) is 0.500. The van der Waals surface area contributed by atoms with Gasteiger partial charge in [-0.25, -0.2) is 0 Å². The van der Waals surface area contributed by atoms with Gasteiger partial charge in [0.25, 0.3) is 0 Å². The second kappa shape index (κ2) is 2.56. The summed E-state index contributed by atoms with van der Waals surface area (Å²) in [5, 5.41) is 9.53. The molecular weight excluding hydrogens is 150 g/mol. The first kappa shape index (κ1) is 7.74. The molecule has 0 spiro atoms. The van der Waals surface area contributed by atoms with Crippen LogP contribution in [0.5, 0.6) is 0 Å². The van der Waals surface area contributed by atoms with Gasteiger partial charge >= 0.3 is 0 Å². The monoisotopic (exact) mass is 163 g/mol. The highest BCUT2D eigenvalue weighted by molar-refractivity contribution is 5.38. The minimum atomic E-state index is -0.320. The topological polar surface area (TPSA) is 33.1 Å². The van der Waals surface area contributed by atoms with Gasteiger partial charge in [-0.1, -0.05) is 0 Å². The molecule has 64 valence electrons. The molecule has 1 aliphatic rings. The molecule has 0 saturated carbocycles. The number of nitrogens with zero attached hydrogens (tertiary/aromatic N) is 1. The number of aryl methyl sites for hydroxylation is 1. The summed E-state index contributed by atoms with van der Waals surface area (Å²) in [5.41, 5.74) is 4.69. The molecule has 0 radical (unpaired) electrons. The van der Waals surface area contributed by atoms with E-state index in [2.05, 4.69) is 18.8 Å². The number of aromatic nitrogens is 1. The summed E-state index contributed by atoms with van der Waals surface area (Å²) in [6.45, 7) is 4.17. The van der Waals surface area contributed by atoms with Crippen LogP contribution in [0.3, 0.4) is 0 Å². The van der Waals surface area contributed by atoms with Crippen molar-refractivity contribution in [3.63, 3.8) is 0 Å². The Labute approximate surface area is 72.3 Å². The number of fused-ring (bicyclic) bond motifs is 1. The van der Waals surface area contributed by atoms with Gasteiger partial charge in [0.2, 0.25) is 0 Å². The maximum Gasteiger partial charge on any atom is 0.0965 e. The van der Waals surface area contributed by atoms with Gasteiger partial charge in [-0.2, -0.15) is 0 Å². The van der Waals surface area contributed by atoms with Gasteiger partial charge in [0.15, 0.2) is 0 Å². The third-order valence-electron chi connectivity index (χ3n) is 2.73. The molecule has 0 aliphatic heterocycles. The van der Waals surface area contributed by atoms with Crippen molar-refractivity contribution >= 4 is 0 Å². The van der Waals surface area contributed by atoms with E-state index in [1.54, 1.807) is 0 Å². The number of hydrogen-bond acceptors (Lipinski definition) is 2. The van der Waals surface area contributed by atoms with Crippen molar-refractivity contribution in [2.75, 3.05) is 0 Å². The van der Waals surface area contributed by atoms with Crippen molar-refractivity contribution in [1.82, 2.24) is 4.98 Å². The highest BCUT2D eigenvalue weighted by Crippen LogP contribution is 2.31. The summed E-state index contributed by atoms with van der Waals surface area (Å²) in [5.74, 6) is 0. The molecule has 0 aromatic carbocycles. The summed E-state index contributed by atoms with van der Waals surface area (Å²) in [4.78, 5) is 4.25. The lowest BCUT2D eigenvalue weighted by molar-refractivity contribution is 0.176. The third kappa shape index (κ3) is 0.950. The largest absolute Gasteiger partial charge is 0.387 e. The van der Waals surface area contributed by atoms with Crippen LogP contribution in [0.25, 0.3) is 0 Å². The predicted octanol–water partition coefficient (Wildman–Crippen LogP) is 1.68. The average Bonchev–Trinajstić information content (AvgIpc) is 2.41. The highest BCUT2D eigenvalue weighted by atomic mass is 16.3. The number of pyridine rings is 1. The van der Waals surface area contributed by atoms with Gasteiger partial charge < -0.3 is 5.11 Å². The van der Waals surface area contributed by atoms with Crippen LogP contribution in [0.1, 0.15) is 34.9 Å². The van der Waals surface area contributed by atoms with Crippen molar-refractivity contribution in [2.45, 2.75) is 32.8 Å². The lowest BCUT2D eigenvalue weighted by Crippen LogP contribution is -1.97. The molecule has 2 nitrogen and oxygen atoms in total. The first-order valence-electron chi connectivity index (χ1n) is 4.33.